The first-order valence-corrected chi connectivity index (χ1v) is 10.8. The van der Waals surface area contributed by atoms with Gasteiger partial charge in [0.05, 0.1) is 18.8 Å². The molecule has 2 atom stereocenters. The lowest BCUT2D eigenvalue weighted by Gasteiger charge is -2.48. The first kappa shape index (κ1) is 23.1. The van der Waals surface area contributed by atoms with Crippen molar-refractivity contribution < 1.29 is 24.2 Å². The van der Waals surface area contributed by atoms with Crippen molar-refractivity contribution in [2.24, 2.45) is 5.92 Å². The number of aliphatic hydroxyl groups excluding tert-OH is 1. The number of likely N-dealkylation sites (tertiary alicyclic amines) is 1. The first-order chi connectivity index (χ1) is 16.4. The molecule has 1 fully saturated rings. The van der Waals surface area contributed by atoms with Crippen LogP contribution in [-0.2, 0) is 14.3 Å². The van der Waals surface area contributed by atoms with Gasteiger partial charge in [-0.05, 0) is 18.6 Å². The van der Waals surface area contributed by atoms with Crippen molar-refractivity contribution in [2.75, 3.05) is 31.2 Å². The quantitative estimate of drug-likeness (QED) is 0.293. The molecule has 1 aliphatic rings. The molecule has 2 unspecified atom stereocenters. The Morgan fingerprint density at radius 2 is 2.00 bits per heavy atom. The molecule has 1 saturated heterocycles. The van der Waals surface area contributed by atoms with Gasteiger partial charge in [-0.15, -0.1) is 0 Å². The van der Waals surface area contributed by atoms with Crippen molar-refractivity contribution in [3.8, 4) is 0 Å². The van der Waals surface area contributed by atoms with E-state index in [1.165, 1.54) is 23.1 Å². The maximum absolute atomic E-state index is 13.4. The summed E-state index contributed by atoms with van der Waals surface area (Å²) >= 11 is 0. The fourth-order valence-electron chi connectivity index (χ4n) is 4.09. The highest BCUT2D eigenvalue weighted by atomic mass is 16.5. The Morgan fingerprint density at radius 1 is 1.24 bits per heavy atom. The number of amides is 2. The number of carbonyl (C=O) groups is 3. The van der Waals surface area contributed by atoms with E-state index in [2.05, 4.69) is 19.9 Å². The van der Waals surface area contributed by atoms with E-state index in [0.717, 1.165) is 0 Å². The van der Waals surface area contributed by atoms with Crippen LogP contribution in [0.15, 0.2) is 41.5 Å². The van der Waals surface area contributed by atoms with E-state index >= 15 is 0 Å². The summed E-state index contributed by atoms with van der Waals surface area (Å²) in [6.45, 7) is 1.26. The van der Waals surface area contributed by atoms with Crippen LogP contribution in [0.4, 0.5) is 5.95 Å². The predicted molar refractivity (Wildman–Crippen MR) is 120 cm³/mol. The molecule has 2 amide bonds. The van der Waals surface area contributed by atoms with Gasteiger partial charge in [-0.3, -0.25) is 29.1 Å². The number of ether oxygens (including phenoxy) is 1. The molecule has 3 aromatic rings. The van der Waals surface area contributed by atoms with Crippen LogP contribution >= 0.6 is 0 Å². The molecule has 2 aromatic heterocycles. The molecule has 0 bridgehead atoms. The summed E-state index contributed by atoms with van der Waals surface area (Å²) in [5.41, 5.74) is 0.160. The number of esters is 1. The molecule has 34 heavy (non-hydrogen) atoms. The number of nitrogens with one attached hydrogen (secondary N) is 2. The molecular formula is C22H24N6O6. The Hall–Kier alpha value is -4.06. The Labute approximate surface area is 193 Å². The van der Waals surface area contributed by atoms with Crippen LogP contribution in [0.3, 0.4) is 0 Å². The first-order valence-electron chi connectivity index (χ1n) is 10.8. The minimum Gasteiger partial charge on any atom is -0.464 e. The largest absolute Gasteiger partial charge is 0.464 e. The second-order valence-corrected chi connectivity index (χ2v) is 7.83. The number of aromatic amines is 2. The molecule has 0 saturated carbocycles. The molecule has 4 rings (SSSR count). The molecule has 0 aliphatic carbocycles. The maximum atomic E-state index is 13.4. The number of nitrogens with zero attached hydrogens (tertiary/aromatic N) is 4. The summed E-state index contributed by atoms with van der Waals surface area (Å²) in [6.07, 6.45) is 1.61. The zero-order valence-electron chi connectivity index (χ0n) is 18.4. The van der Waals surface area contributed by atoms with Gasteiger partial charge in [0.15, 0.2) is 11.2 Å². The number of benzene rings is 1. The van der Waals surface area contributed by atoms with Crippen molar-refractivity contribution in [2.45, 2.75) is 19.4 Å². The maximum Gasteiger partial charge on any atom is 0.302 e. The summed E-state index contributed by atoms with van der Waals surface area (Å²) in [6, 6.07) is 8.06. The predicted octanol–water partition coefficient (Wildman–Crippen LogP) is 0.0655. The van der Waals surface area contributed by atoms with Gasteiger partial charge < -0.3 is 19.7 Å². The Balaban J connectivity index is 1.63. The van der Waals surface area contributed by atoms with Gasteiger partial charge in [-0.1, -0.05) is 18.2 Å². The van der Waals surface area contributed by atoms with E-state index in [1.807, 2.05) is 0 Å². The Morgan fingerprint density at radius 3 is 2.71 bits per heavy atom. The number of rotatable bonds is 9. The third-order valence-electron chi connectivity index (χ3n) is 5.71. The summed E-state index contributed by atoms with van der Waals surface area (Å²) in [5, 5.41) is 9.53. The Bertz CT molecular complexity index is 1260. The summed E-state index contributed by atoms with van der Waals surface area (Å²) in [5.74, 6) is -1.83. The highest BCUT2D eigenvalue weighted by Crippen LogP contribution is 2.31. The van der Waals surface area contributed by atoms with E-state index in [1.54, 1.807) is 30.3 Å². The molecule has 1 aromatic carbocycles. The minimum atomic E-state index is -0.641. The number of aromatic nitrogens is 4. The van der Waals surface area contributed by atoms with E-state index in [-0.39, 0.29) is 61.8 Å². The second-order valence-electron chi connectivity index (χ2n) is 7.83. The number of aliphatic hydroxyl groups is 1. The third kappa shape index (κ3) is 4.53. The van der Waals surface area contributed by atoms with Crippen molar-refractivity contribution >= 4 is 34.9 Å². The van der Waals surface area contributed by atoms with E-state index < -0.39 is 23.4 Å². The molecular weight excluding hydrogens is 444 g/mol. The normalized spacial score (nSPS) is 17.5. The monoisotopic (exact) mass is 468 g/mol. The third-order valence-corrected chi connectivity index (χ3v) is 5.71. The molecule has 178 valence electrons. The number of β-lactam (4-membered cyclic amide) rings is 1. The lowest BCUT2D eigenvalue weighted by molar-refractivity contribution is -0.160. The molecule has 12 heteroatoms. The molecule has 0 spiro atoms. The number of hydrogen-bond donors (Lipinski definition) is 3. The zero-order valence-corrected chi connectivity index (χ0v) is 18.4. The fraction of sp³-hybridized carbons (Fsp3) is 0.364. The van der Waals surface area contributed by atoms with Crippen molar-refractivity contribution in [1.29, 1.82) is 0 Å². The average Bonchev–Trinajstić information content (AvgIpc) is 3.31. The van der Waals surface area contributed by atoms with Gasteiger partial charge in [0, 0.05) is 31.7 Å². The number of hydrogen-bond acceptors (Lipinski definition) is 8. The van der Waals surface area contributed by atoms with Gasteiger partial charge in [-0.25, -0.2) is 4.98 Å². The Kier molecular flexibility index (Phi) is 6.68. The van der Waals surface area contributed by atoms with Crippen LogP contribution in [0.2, 0.25) is 0 Å². The number of carbonyl (C=O) groups excluding carboxylic acids is 3. The number of H-pyrrole nitrogens is 2. The van der Waals surface area contributed by atoms with Crippen LogP contribution in [-0.4, -0.2) is 80.1 Å². The SMILES string of the molecule is CC(=O)OCCN1C(=O)C(CN(C(=O)c2ccccc2)c2nc3nc[nH]c3c(=O)[nH]2)C1CCO. The lowest BCUT2D eigenvalue weighted by Crippen LogP contribution is -2.65. The van der Waals surface area contributed by atoms with Crippen LogP contribution in [0.1, 0.15) is 23.7 Å². The molecule has 3 N–H and O–H groups in total. The van der Waals surface area contributed by atoms with Crippen molar-refractivity contribution in [3.05, 3.63) is 52.6 Å². The van der Waals surface area contributed by atoms with Gasteiger partial charge in [0.1, 0.15) is 6.61 Å². The van der Waals surface area contributed by atoms with Crippen molar-refractivity contribution in [1.82, 2.24) is 24.8 Å². The second kappa shape index (κ2) is 9.83. The minimum absolute atomic E-state index is 0.0348. The summed E-state index contributed by atoms with van der Waals surface area (Å²) < 4.78 is 4.93. The van der Waals surface area contributed by atoms with Gasteiger partial charge in [-0.2, -0.15) is 4.98 Å². The van der Waals surface area contributed by atoms with Crippen LogP contribution < -0.4 is 10.5 Å². The number of fused-ring (bicyclic) bond motifs is 1. The van der Waals surface area contributed by atoms with Crippen LogP contribution in [0, 0.1) is 5.92 Å². The lowest BCUT2D eigenvalue weighted by atomic mass is 9.84. The van der Waals surface area contributed by atoms with E-state index in [4.69, 9.17) is 4.74 Å². The average molecular weight is 468 g/mol. The van der Waals surface area contributed by atoms with Gasteiger partial charge >= 0.3 is 5.97 Å². The van der Waals surface area contributed by atoms with E-state index in [0.29, 0.717) is 5.56 Å². The number of anilines is 1. The molecule has 3 heterocycles. The highest BCUT2D eigenvalue weighted by Gasteiger charge is 2.48. The van der Waals surface area contributed by atoms with Gasteiger partial charge in [0.2, 0.25) is 11.9 Å². The van der Waals surface area contributed by atoms with E-state index in [9.17, 15) is 24.3 Å². The van der Waals surface area contributed by atoms with Gasteiger partial charge in [0.25, 0.3) is 11.5 Å². The fourth-order valence-corrected chi connectivity index (χ4v) is 4.09. The molecule has 0 radical (unpaired) electrons. The summed E-state index contributed by atoms with van der Waals surface area (Å²) in [7, 11) is 0. The highest BCUT2D eigenvalue weighted by molar-refractivity contribution is 6.06. The van der Waals surface area contributed by atoms with Crippen LogP contribution in [0.25, 0.3) is 11.2 Å². The number of imidazole rings is 1. The zero-order chi connectivity index (χ0) is 24.2. The van der Waals surface area contributed by atoms with Crippen molar-refractivity contribution in [3.63, 3.8) is 0 Å². The molecule has 1 aliphatic heterocycles. The standard InChI is InChI=1S/C22H24N6O6/c1-13(30)34-10-8-27-16(7-9-29)15(21(27)33)11-28(20(32)14-5-3-2-4-6-14)22-25-18-17(19(31)26-22)23-12-24-18/h2-6,12,15-16,29H,7-11H2,1H3,(H2,23,24,25,26,31). The summed E-state index contributed by atoms with van der Waals surface area (Å²) in [4.78, 5) is 66.3. The topological polar surface area (TPSA) is 162 Å². The smallest absolute Gasteiger partial charge is 0.302 e. The molecule has 12 nitrogen and oxygen atoms in total. The van der Waals surface area contributed by atoms with Crippen LogP contribution in [0.5, 0.6) is 0 Å².